The standard InChI is InChI=1S/C18H21O2/c1-13(2)19-16-11-8-12-17(20-14(3)4)18(16)15-9-6-5-7-10-15/h5-9,11-14H,1-4H3. The summed E-state index contributed by atoms with van der Waals surface area (Å²) in [6, 6.07) is 17.0. The van der Waals surface area contributed by atoms with Crippen LogP contribution < -0.4 is 9.47 Å². The van der Waals surface area contributed by atoms with Crippen molar-refractivity contribution in [3.05, 3.63) is 48.5 Å². The van der Waals surface area contributed by atoms with Crippen molar-refractivity contribution in [3.63, 3.8) is 0 Å². The second kappa shape index (κ2) is 6.47. The molecular formula is C18H21O2. The first-order valence-electron chi connectivity index (χ1n) is 7.01. The molecule has 2 nitrogen and oxygen atoms in total. The maximum absolute atomic E-state index is 5.92. The first-order chi connectivity index (χ1) is 9.58. The molecule has 0 aromatic heterocycles. The Kier molecular flexibility index (Phi) is 4.67. The van der Waals surface area contributed by atoms with E-state index in [1.165, 1.54) is 0 Å². The van der Waals surface area contributed by atoms with E-state index in [2.05, 4.69) is 6.07 Å². The van der Waals surface area contributed by atoms with E-state index in [0.717, 1.165) is 22.6 Å². The van der Waals surface area contributed by atoms with Gasteiger partial charge in [-0.15, -0.1) is 0 Å². The predicted octanol–water partition coefficient (Wildman–Crippen LogP) is 4.73. The molecule has 0 heterocycles. The SMILES string of the molecule is CC(C)Oc1cccc(OC(C)C)c1-c1[c]cccc1. The molecule has 0 fully saturated rings. The van der Waals surface area contributed by atoms with Gasteiger partial charge in [0.25, 0.3) is 0 Å². The van der Waals surface area contributed by atoms with Crippen LogP contribution >= 0.6 is 0 Å². The zero-order valence-corrected chi connectivity index (χ0v) is 12.5. The van der Waals surface area contributed by atoms with Crippen LogP contribution in [0.3, 0.4) is 0 Å². The topological polar surface area (TPSA) is 18.5 Å². The van der Waals surface area contributed by atoms with E-state index < -0.39 is 0 Å². The minimum atomic E-state index is 0.117. The molecule has 0 aliphatic carbocycles. The normalized spacial score (nSPS) is 10.9. The first kappa shape index (κ1) is 14.4. The average molecular weight is 269 g/mol. The monoisotopic (exact) mass is 269 g/mol. The highest BCUT2D eigenvalue weighted by molar-refractivity contribution is 5.76. The van der Waals surface area contributed by atoms with Crippen molar-refractivity contribution in [2.24, 2.45) is 0 Å². The van der Waals surface area contributed by atoms with E-state index in [4.69, 9.17) is 9.47 Å². The van der Waals surface area contributed by atoms with Gasteiger partial charge in [0.15, 0.2) is 0 Å². The lowest BCUT2D eigenvalue weighted by Crippen LogP contribution is -2.10. The summed E-state index contributed by atoms with van der Waals surface area (Å²) in [5.41, 5.74) is 1.95. The molecule has 0 aliphatic rings. The molecule has 2 aromatic rings. The fourth-order valence-electron chi connectivity index (χ4n) is 2.03. The molecule has 0 bridgehead atoms. The highest BCUT2D eigenvalue weighted by atomic mass is 16.5. The first-order valence-corrected chi connectivity index (χ1v) is 7.01. The highest BCUT2D eigenvalue weighted by Crippen LogP contribution is 2.39. The minimum Gasteiger partial charge on any atom is -0.490 e. The van der Waals surface area contributed by atoms with Crippen LogP contribution in [0.5, 0.6) is 11.5 Å². The van der Waals surface area contributed by atoms with Gasteiger partial charge in [0, 0.05) is 0 Å². The summed E-state index contributed by atoms with van der Waals surface area (Å²) in [5, 5.41) is 0. The molecule has 20 heavy (non-hydrogen) atoms. The molecule has 2 aromatic carbocycles. The van der Waals surface area contributed by atoms with Crippen LogP contribution in [-0.2, 0) is 0 Å². The van der Waals surface area contributed by atoms with Gasteiger partial charge in [-0.05, 0) is 51.5 Å². The Balaban J connectivity index is 2.53. The Hall–Kier alpha value is -1.96. The van der Waals surface area contributed by atoms with Gasteiger partial charge < -0.3 is 9.47 Å². The van der Waals surface area contributed by atoms with Gasteiger partial charge in [-0.2, -0.15) is 0 Å². The minimum absolute atomic E-state index is 0.117. The fraction of sp³-hybridized carbons (Fsp3) is 0.333. The van der Waals surface area contributed by atoms with E-state index in [0.29, 0.717) is 0 Å². The molecule has 0 saturated heterocycles. The molecular weight excluding hydrogens is 248 g/mol. The highest BCUT2D eigenvalue weighted by Gasteiger charge is 2.15. The third kappa shape index (κ3) is 3.53. The van der Waals surface area contributed by atoms with Gasteiger partial charge >= 0.3 is 0 Å². The Morgan fingerprint density at radius 3 is 1.85 bits per heavy atom. The molecule has 1 radical (unpaired) electrons. The largest absolute Gasteiger partial charge is 0.490 e. The van der Waals surface area contributed by atoms with E-state index >= 15 is 0 Å². The molecule has 0 aliphatic heterocycles. The summed E-state index contributed by atoms with van der Waals surface area (Å²) in [5.74, 6) is 1.67. The van der Waals surface area contributed by atoms with Crippen LogP contribution in [0.15, 0.2) is 42.5 Å². The summed E-state index contributed by atoms with van der Waals surface area (Å²) in [4.78, 5) is 0. The lowest BCUT2D eigenvalue weighted by atomic mass is 10.0. The van der Waals surface area contributed by atoms with Gasteiger partial charge in [0.05, 0.1) is 17.8 Å². The Labute approximate surface area is 121 Å². The number of ether oxygens (including phenoxy) is 2. The van der Waals surface area contributed by atoms with Gasteiger partial charge in [0.1, 0.15) is 11.5 Å². The lowest BCUT2D eigenvalue weighted by molar-refractivity contribution is 0.231. The smallest absolute Gasteiger partial charge is 0.131 e. The lowest BCUT2D eigenvalue weighted by Gasteiger charge is -2.19. The molecule has 2 rings (SSSR count). The third-order valence-corrected chi connectivity index (χ3v) is 2.69. The second-order valence-electron chi connectivity index (χ2n) is 5.24. The molecule has 105 valence electrons. The van der Waals surface area contributed by atoms with E-state index in [-0.39, 0.29) is 12.2 Å². The van der Waals surface area contributed by atoms with Crippen molar-refractivity contribution in [1.29, 1.82) is 0 Å². The summed E-state index contributed by atoms with van der Waals surface area (Å²) in [6.45, 7) is 8.09. The van der Waals surface area contributed by atoms with E-state index in [1.807, 2.05) is 70.2 Å². The summed E-state index contributed by atoms with van der Waals surface area (Å²) < 4.78 is 11.8. The van der Waals surface area contributed by atoms with Gasteiger partial charge in [-0.3, -0.25) is 0 Å². The number of benzene rings is 2. The molecule has 0 N–H and O–H groups in total. The van der Waals surface area contributed by atoms with Crippen LogP contribution in [0.1, 0.15) is 27.7 Å². The van der Waals surface area contributed by atoms with Crippen LogP contribution in [-0.4, -0.2) is 12.2 Å². The van der Waals surface area contributed by atoms with Crippen LogP contribution in [0.25, 0.3) is 11.1 Å². The molecule has 0 atom stereocenters. The summed E-state index contributed by atoms with van der Waals surface area (Å²) >= 11 is 0. The predicted molar refractivity (Wildman–Crippen MR) is 82.2 cm³/mol. The zero-order valence-electron chi connectivity index (χ0n) is 12.5. The molecule has 0 amide bonds. The summed E-state index contributed by atoms with van der Waals surface area (Å²) in [7, 11) is 0. The molecule has 0 saturated carbocycles. The maximum Gasteiger partial charge on any atom is 0.131 e. The van der Waals surface area contributed by atoms with Crippen molar-refractivity contribution in [2.75, 3.05) is 0 Å². The Morgan fingerprint density at radius 1 is 0.800 bits per heavy atom. The van der Waals surface area contributed by atoms with E-state index in [1.54, 1.807) is 0 Å². The molecule has 2 heteroatoms. The van der Waals surface area contributed by atoms with Gasteiger partial charge in [0.2, 0.25) is 0 Å². The van der Waals surface area contributed by atoms with Crippen LogP contribution in [0, 0.1) is 6.07 Å². The number of hydrogen-bond acceptors (Lipinski definition) is 2. The van der Waals surface area contributed by atoms with Gasteiger partial charge in [-0.25, -0.2) is 0 Å². The van der Waals surface area contributed by atoms with Crippen molar-refractivity contribution in [1.82, 2.24) is 0 Å². The zero-order chi connectivity index (χ0) is 14.5. The summed E-state index contributed by atoms with van der Waals surface area (Å²) in [6.07, 6.45) is 0.235. The number of rotatable bonds is 5. The maximum atomic E-state index is 5.92. The van der Waals surface area contributed by atoms with Crippen molar-refractivity contribution >= 4 is 0 Å². The Bertz CT molecular complexity index is 516. The molecule has 0 unspecified atom stereocenters. The van der Waals surface area contributed by atoms with E-state index in [9.17, 15) is 0 Å². The second-order valence-corrected chi connectivity index (χ2v) is 5.24. The van der Waals surface area contributed by atoms with Gasteiger partial charge in [-0.1, -0.05) is 30.3 Å². The Morgan fingerprint density at radius 2 is 1.40 bits per heavy atom. The van der Waals surface area contributed by atoms with Crippen molar-refractivity contribution < 1.29 is 9.47 Å². The quantitative estimate of drug-likeness (QED) is 0.781. The molecule has 0 spiro atoms. The fourth-order valence-corrected chi connectivity index (χ4v) is 2.03. The number of hydrogen-bond donors (Lipinski definition) is 0. The van der Waals surface area contributed by atoms with Crippen LogP contribution in [0.4, 0.5) is 0 Å². The van der Waals surface area contributed by atoms with Crippen molar-refractivity contribution in [2.45, 2.75) is 39.9 Å². The van der Waals surface area contributed by atoms with Crippen molar-refractivity contribution in [3.8, 4) is 22.6 Å². The van der Waals surface area contributed by atoms with Crippen LogP contribution in [0.2, 0.25) is 0 Å². The third-order valence-electron chi connectivity index (χ3n) is 2.69. The average Bonchev–Trinajstić information content (AvgIpc) is 2.38.